The molecule has 0 aromatic heterocycles. The molecule has 0 unspecified atom stereocenters. The molecule has 33 heavy (non-hydrogen) atoms. The van der Waals surface area contributed by atoms with Crippen molar-refractivity contribution in [2.75, 3.05) is 55.9 Å². The van der Waals surface area contributed by atoms with Crippen LogP contribution >= 0.6 is 0 Å². The van der Waals surface area contributed by atoms with E-state index in [1.54, 1.807) is 38.5 Å². The highest BCUT2D eigenvalue weighted by molar-refractivity contribution is 6.06. The van der Waals surface area contributed by atoms with Crippen LogP contribution in [0.1, 0.15) is 22.0 Å². The molecule has 1 aliphatic rings. The van der Waals surface area contributed by atoms with Gasteiger partial charge in [0.05, 0.1) is 14.2 Å². The molecule has 1 heterocycles. The Labute approximate surface area is 192 Å². The van der Waals surface area contributed by atoms with Gasteiger partial charge in [-0.3, -0.25) is 4.79 Å². The Hall–Kier alpha value is -3.05. The third kappa shape index (κ3) is 5.85. The maximum Gasteiger partial charge on any atom is 0.202 e. The molecule has 0 amide bonds. The van der Waals surface area contributed by atoms with E-state index in [2.05, 4.69) is 0 Å². The number of methoxy groups -OCH3 is 5. The minimum Gasteiger partial charge on any atom is -0.493 e. The second-order valence-electron chi connectivity index (χ2n) is 6.90. The molecule has 1 fully saturated rings. The lowest BCUT2D eigenvalue weighted by atomic mass is 10.0. The number of hydrogen-bond donors (Lipinski definition) is 0. The zero-order chi connectivity index (χ0) is 23.8. The fourth-order valence-electron chi connectivity index (χ4n) is 3.23. The molecular formula is C23H28O10. The van der Waals surface area contributed by atoms with Gasteiger partial charge in [0, 0.05) is 33.5 Å². The van der Waals surface area contributed by atoms with Gasteiger partial charge in [-0.2, -0.15) is 0 Å². The number of benzene rings is 2. The highest BCUT2D eigenvalue weighted by Crippen LogP contribution is 2.46. The summed E-state index contributed by atoms with van der Waals surface area (Å²) >= 11 is 0. The third-order valence-electron chi connectivity index (χ3n) is 4.78. The molecule has 10 nitrogen and oxygen atoms in total. The maximum atomic E-state index is 13.5. The normalized spacial score (nSPS) is 16.8. The van der Waals surface area contributed by atoms with Gasteiger partial charge in [0.15, 0.2) is 38.0 Å². The minimum atomic E-state index is -0.733. The topological polar surface area (TPSA) is 103 Å². The number of rotatable bonds is 14. The molecule has 0 radical (unpaired) electrons. The van der Waals surface area contributed by atoms with Crippen LogP contribution in [0.4, 0.5) is 0 Å². The van der Waals surface area contributed by atoms with E-state index in [1.807, 2.05) is 6.07 Å². The van der Waals surface area contributed by atoms with Crippen LogP contribution in [0.3, 0.4) is 0 Å². The summed E-state index contributed by atoms with van der Waals surface area (Å²) in [7, 11) is 7.56. The van der Waals surface area contributed by atoms with Gasteiger partial charge in [-0.25, -0.2) is 0 Å². The van der Waals surface area contributed by atoms with Crippen LogP contribution in [0, 0.1) is 0 Å². The van der Waals surface area contributed by atoms with Gasteiger partial charge in [-0.1, -0.05) is 6.07 Å². The van der Waals surface area contributed by atoms with Gasteiger partial charge < -0.3 is 42.6 Å². The Morgan fingerprint density at radius 3 is 1.88 bits per heavy atom. The van der Waals surface area contributed by atoms with Crippen LogP contribution in [-0.4, -0.2) is 67.8 Å². The Morgan fingerprint density at radius 1 is 0.758 bits per heavy atom. The van der Waals surface area contributed by atoms with Crippen molar-refractivity contribution < 1.29 is 47.4 Å². The largest absolute Gasteiger partial charge is 0.493 e. The van der Waals surface area contributed by atoms with Crippen LogP contribution in [0.25, 0.3) is 0 Å². The molecule has 0 N–H and O–H groups in total. The van der Waals surface area contributed by atoms with Gasteiger partial charge in [-0.05, 0) is 17.7 Å². The summed E-state index contributed by atoms with van der Waals surface area (Å²) in [6.45, 7) is -0.154. The summed E-state index contributed by atoms with van der Waals surface area (Å²) in [5.41, 5.74) is 0.978. The Bertz CT molecular complexity index is 916. The average molecular weight is 464 g/mol. The standard InChI is InChI=1S/C23H28O10/c1-25-11-30-15-9-18(31-12-26-2)20(19(10-15)32-13-27-3)21(24)23-22(33-23)14-6-7-16(28-4)17(8-14)29-5/h6-10,22-23H,11-13H2,1-5H3/t22-,23-/m1/s1. The van der Waals surface area contributed by atoms with E-state index in [9.17, 15) is 4.79 Å². The summed E-state index contributed by atoms with van der Waals surface area (Å²) in [6.07, 6.45) is -1.18. The highest BCUT2D eigenvalue weighted by Gasteiger charge is 2.48. The lowest BCUT2D eigenvalue weighted by Gasteiger charge is -2.17. The second-order valence-corrected chi connectivity index (χ2v) is 6.90. The lowest BCUT2D eigenvalue weighted by molar-refractivity contribution is 0.0397. The van der Waals surface area contributed by atoms with Crippen molar-refractivity contribution in [3.63, 3.8) is 0 Å². The summed E-state index contributed by atoms with van der Waals surface area (Å²) < 4.78 is 48.2. The predicted octanol–water partition coefficient (Wildman–Crippen LogP) is 2.97. The average Bonchev–Trinajstić information content (AvgIpc) is 3.64. The molecule has 0 bridgehead atoms. The molecule has 1 aliphatic heterocycles. The van der Waals surface area contributed by atoms with E-state index >= 15 is 0 Å². The number of Topliss-reactive ketones (excluding diaryl/α,β-unsaturated/α-hetero) is 1. The quantitative estimate of drug-likeness (QED) is 0.235. The molecule has 2 atom stereocenters. The van der Waals surface area contributed by atoms with Gasteiger partial charge in [0.1, 0.15) is 28.9 Å². The number of carbonyl (C=O) groups excluding carboxylic acids is 1. The van der Waals surface area contributed by atoms with Gasteiger partial charge in [-0.15, -0.1) is 0 Å². The van der Waals surface area contributed by atoms with Crippen molar-refractivity contribution in [2.24, 2.45) is 0 Å². The molecule has 10 heteroatoms. The van der Waals surface area contributed by atoms with E-state index < -0.39 is 12.2 Å². The number of ether oxygens (including phenoxy) is 9. The van der Waals surface area contributed by atoms with E-state index in [4.69, 9.17) is 42.6 Å². The molecule has 0 aliphatic carbocycles. The van der Waals surface area contributed by atoms with Crippen molar-refractivity contribution in [1.82, 2.24) is 0 Å². The van der Waals surface area contributed by atoms with Crippen molar-refractivity contribution in [1.29, 1.82) is 0 Å². The van der Waals surface area contributed by atoms with Crippen molar-refractivity contribution in [3.8, 4) is 28.7 Å². The zero-order valence-corrected chi connectivity index (χ0v) is 19.2. The maximum absolute atomic E-state index is 13.5. The lowest BCUT2D eigenvalue weighted by Crippen LogP contribution is -2.15. The van der Waals surface area contributed by atoms with Crippen LogP contribution in [0.5, 0.6) is 28.7 Å². The second kappa shape index (κ2) is 11.7. The van der Waals surface area contributed by atoms with Gasteiger partial charge in [0.2, 0.25) is 5.78 Å². The number of carbonyl (C=O) groups is 1. The van der Waals surface area contributed by atoms with Crippen molar-refractivity contribution >= 4 is 5.78 Å². The number of ketones is 1. The van der Waals surface area contributed by atoms with Crippen LogP contribution in [0.2, 0.25) is 0 Å². The van der Waals surface area contributed by atoms with Crippen molar-refractivity contribution in [2.45, 2.75) is 12.2 Å². The molecular weight excluding hydrogens is 436 g/mol. The van der Waals surface area contributed by atoms with E-state index in [0.29, 0.717) is 17.2 Å². The molecule has 0 saturated carbocycles. The van der Waals surface area contributed by atoms with Crippen LogP contribution in [0.15, 0.2) is 30.3 Å². The highest BCUT2D eigenvalue weighted by atomic mass is 16.7. The summed E-state index contributed by atoms with van der Waals surface area (Å²) in [5, 5.41) is 0. The fourth-order valence-corrected chi connectivity index (χ4v) is 3.23. The first-order chi connectivity index (χ1) is 16.1. The Morgan fingerprint density at radius 2 is 1.33 bits per heavy atom. The predicted molar refractivity (Wildman–Crippen MR) is 115 cm³/mol. The van der Waals surface area contributed by atoms with Crippen LogP contribution < -0.4 is 23.7 Å². The first kappa shape index (κ1) is 24.6. The molecule has 180 valence electrons. The molecule has 3 rings (SSSR count). The fraction of sp³-hybridized carbons (Fsp3) is 0.435. The first-order valence-electron chi connectivity index (χ1n) is 10.0. The van der Waals surface area contributed by atoms with Gasteiger partial charge >= 0.3 is 0 Å². The van der Waals surface area contributed by atoms with Gasteiger partial charge in [0.25, 0.3) is 0 Å². The van der Waals surface area contributed by atoms with Crippen molar-refractivity contribution in [3.05, 3.63) is 41.5 Å². The minimum absolute atomic E-state index is 0.00778. The SMILES string of the molecule is COCOc1cc(OCOC)c(C(=O)[C@H]2O[C@@H]2c2ccc(OC)c(OC)c2)c(OCOC)c1. The summed E-state index contributed by atoms with van der Waals surface area (Å²) in [4.78, 5) is 13.5. The summed E-state index contributed by atoms with van der Waals surface area (Å²) in [5.74, 6) is 1.65. The number of epoxide rings is 1. The van der Waals surface area contributed by atoms with E-state index in [0.717, 1.165) is 5.56 Å². The zero-order valence-electron chi connectivity index (χ0n) is 19.2. The van der Waals surface area contributed by atoms with E-state index in [1.165, 1.54) is 21.3 Å². The number of hydrogen-bond acceptors (Lipinski definition) is 10. The summed E-state index contributed by atoms with van der Waals surface area (Å²) in [6, 6.07) is 8.51. The Kier molecular flexibility index (Phi) is 8.72. The smallest absolute Gasteiger partial charge is 0.202 e. The molecule has 0 spiro atoms. The van der Waals surface area contributed by atoms with E-state index in [-0.39, 0.29) is 43.2 Å². The van der Waals surface area contributed by atoms with Crippen LogP contribution in [-0.2, 0) is 18.9 Å². The monoisotopic (exact) mass is 464 g/mol. The molecule has 2 aromatic carbocycles. The third-order valence-corrected chi connectivity index (χ3v) is 4.78. The molecule has 2 aromatic rings. The Balaban J connectivity index is 1.92. The first-order valence-corrected chi connectivity index (χ1v) is 10.0. The molecule has 1 saturated heterocycles.